The van der Waals surface area contributed by atoms with Crippen molar-refractivity contribution in [3.63, 3.8) is 0 Å². The SMILES string of the molecule is CCOc1ccc2nc(N(CCCN(C)C)C(=O)/C=C/c3ccc([N+](=O)[O-])s3)sc2c1. The van der Waals surface area contributed by atoms with Crippen LogP contribution in [0.15, 0.2) is 36.4 Å². The predicted molar refractivity (Wildman–Crippen MR) is 126 cm³/mol. The van der Waals surface area contributed by atoms with Gasteiger partial charge in [-0.05, 0) is 64.3 Å². The van der Waals surface area contributed by atoms with Crippen LogP contribution < -0.4 is 9.64 Å². The minimum atomic E-state index is -0.435. The molecule has 0 unspecified atom stereocenters. The second-order valence-electron chi connectivity index (χ2n) is 6.97. The first-order chi connectivity index (χ1) is 14.9. The van der Waals surface area contributed by atoms with Crippen LogP contribution in [0.25, 0.3) is 16.3 Å². The molecule has 1 aromatic carbocycles. The lowest BCUT2D eigenvalue weighted by Gasteiger charge is -2.19. The second kappa shape index (κ2) is 10.5. The van der Waals surface area contributed by atoms with Gasteiger partial charge in [0.05, 0.1) is 21.7 Å². The van der Waals surface area contributed by atoms with E-state index in [0.29, 0.717) is 23.2 Å². The van der Waals surface area contributed by atoms with Crippen molar-refractivity contribution in [2.45, 2.75) is 13.3 Å². The van der Waals surface area contributed by atoms with Crippen molar-refractivity contribution in [1.82, 2.24) is 9.88 Å². The van der Waals surface area contributed by atoms with Gasteiger partial charge in [0.15, 0.2) is 5.13 Å². The van der Waals surface area contributed by atoms with Crippen LogP contribution in [0.5, 0.6) is 5.75 Å². The largest absolute Gasteiger partial charge is 0.494 e. The van der Waals surface area contributed by atoms with E-state index in [1.165, 1.54) is 23.5 Å². The molecule has 0 radical (unpaired) electrons. The molecule has 0 atom stereocenters. The van der Waals surface area contributed by atoms with E-state index in [1.807, 2.05) is 39.2 Å². The number of carbonyl (C=O) groups is 1. The topological polar surface area (TPSA) is 88.8 Å². The van der Waals surface area contributed by atoms with E-state index >= 15 is 0 Å². The molecule has 0 fully saturated rings. The highest BCUT2D eigenvalue weighted by molar-refractivity contribution is 7.22. The fraction of sp³-hybridized carbons (Fsp3) is 0.333. The number of benzene rings is 1. The molecule has 0 bridgehead atoms. The predicted octanol–water partition coefficient (Wildman–Crippen LogP) is 4.66. The number of rotatable bonds is 10. The maximum Gasteiger partial charge on any atom is 0.324 e. The Balaban J connectivity index is 1.84. The Bertz CT molecular complexity index is 1090. The number of anilines is 1. The average Bonchev–Trinajstić information content (AvgIpc) is 3.36. The van der Waals surface area contributed by atoms with E-state index < -0.39 is 4.92 Å². The average molecular weight is 461 g/mol. The summed E-state index contributed by atoms with van der Waals surface area (Å²) in [4.78, 5) is 32.5. The zero-order valence-corrected chi connectivity index (χ0v) is 19.2. The van der Waals surface area contributed by atoms with Crippen molar-refractivity contribution < 1.29 is 14.5 Å². The van der Waals surface area contributed by atoms with Gasteiger partial charge in [-0.1, -0.05) is 22.7 Å². The van der Waals surface area contributed by atoms with Crippen LogP contribution in [0.1, 0.15) is 18.2 Å². The smallest absolute Gasteiger partial charge is 0.324 e. The van der Waals surface area contributed by atoms with E-state index in [-0.39, 0.29) is 10.9 Å². The van der Waals surface area contributed by atoms with Crippen LogP contribution >= 0.6 is 22.7 Å². The molecule has 8 nitrogen and oxygen atoms in total. The molecule has 31 heavy (non-hydrogen) atoms. The molecule has 0 aliphatic carbocycles. The number of hydrogen-bond donors (Lipinski definition) is 0. The molecule has 3 aromatic rings. The molecule has 0 aliphatic rings. The molecule has 2 aromatic heterocycles. The number of ether oxygens (including phenoxy) is 1. The van der Waals surface area contributed by atoms with Gasteiger partial charge in [-0.2, -0.15) is 0 Å². The van der Waals surface area contributed by atoms with Gasteiger partial charge in [-0.25, -0.2) is 4.98 Å². The summed E-state index contributed by atoms with van der Waals surface area (Å²) < 4.78 is 6.51. The Hall–Kier alpha value is -2.82. The van der Waals surface area contributed by atoms with Crippen molar-refractivity contribution in [2.24, 2.45) is 0 Å². The zero-order valence-electron chi connectivity index (χ0n) is 17.6. The van der Waals surface area contributed by atoms with E-state index in [4.69, 9.17) is 4.74 Å². The Kier molecular flexibility index (Phi) is 7.72. The third-order valence-corrected chi connectivity index (χ3v) is 6.37. The highest BCUT2D eigenvalue weighted by Crippen LogP contribution is 2.32. The molecular formula is C21H24N4O4S2. The molecule has 3 rings (SSSR count). The molecule has 0 aliphatic heterocycles. The van der Waals surface area contributed by atoms with E-state index in [0.717, 1.165) is 40.3 Å². The molecule has 1 amide bonds. The summed E-state index contributed by atoms with van der Waals surface area (Å²) in [5.41, 5.74) is 0.812. The molecule has 0 saturated heterocycles. The lowest BCUT2D eigenvalue weighted by Crippen LogP contribution is -2.32. The lowest BCUT2D eigenvalue weighted by molar-refractivity contribution is -0.380. The van der Waals surface area contributed by atoms with E-state index in [1.54, 1.807) is 17.0 Å². The maximum atomic E-state index is 13.0. The normalized spacial score (nSPS) is 11.5. The Morgan fingerprint density at radius 2 is 2.03 bits per heavy atom. The third kappa shape index (κ3) is 6.09. The first kappa shape index (κ1) is 22.9. The van der Waals surface area contributed by atoms with Gasteiger partial charge < -0.3 is 9.64 Å². The van der Waals surface area contributed by atoms with Crippen LogP contribution in [0.2, 0.25) is 0 Å². The minimum Gasteiger partial charge on any atom is -0.494 e. The molecule has 10 heteroatoms. The van der Waals surface area contributed by atoms with Crippen LogP contribution in [0.3, 0.4) is 0 Å². The summed E-state index contributed by atoms with van der Waals surface area (Å²) in [5, 5.41) is 11.5. The summed E-state index contributed by atoms with van der Waals surface area (Å²) in [6.45, 7) is 3.87. The number of hydrogen-bond acceptors (Lipinski definition) is 8. The summed E-state index contributed by atoms with van der Waals surface area (Å²) in [7, 11) is 3.98. The summed E-state index contributed by atoms with van der Waals surface area (Å²) in [5.74, 6) is 0.564. The maximum absolute atomic E-state index is 13.0. The van der Waals surface area contributed by atoms with Gasteiger partial charge in [0, 0.05) is 23.6 Å². The van der Waals surface area contributed by atoms with Crippen molar-refractivity contribution >= 4 is 55.0 Å². The van der Waals surface area contributed by atoms with E-state index in [9.17, 15) is 14.9 Å². The zero-order chi connectivity index (χ0) is 22.4. The number of thiazole rings is 1. The number of nitrogens with zero attached hydrogens (tertiary/aromatic N) is 4. The number of carbonyl (C=O) groups excluding carboxylic acids is 1. The first-order valence-electron chi connectivity index (χ1n) is 9.79. The van der Waals surface area contributed by atoms with Gasteiger partial charge in [-0.15, -0.1) is 0 Å². The number of thiophene rings is 1. The Morgan fingerprint density at radius 1 is 1.23 bits per heavy atom. The standard InChI is InChI=1S/C21H24N4O4S2/c1-4-29-15-6-9-17-18(14-15)31-21(22-17)24(13-5-12-23(2)3)19(26)10-7-16-8-11-20(30-16)25(27)28/h6-11,14H,4-5,12-13H2,1-3H3/b10-7+. The number of fused-ring (bicyclic) bond motifs is 1. The fourth-order valence-corrected chi connectivity index (χ4v) is 4.63. The number of nitro groups is 1. The molecule has 2 heterocycles. The van der Waals surface area contributed by atoms with Crippen molar-refractivity contribution in [1.29, 1.82) is 0 Å². The Labute approximate surface area is 188 Å². The first-order valence-corrected chi connectivity index (χ1v) is 11.4. The summed E-state index contributed by atoms with van der Waals surface area (Å²) >= 11 is 2.47. The van der Waals surface area contributed by atoms with Gasteiger partial charge in [-0.3, -0.25) is 19.8 Å². The number of amides is 1. The summed E-state index contributed by atoms with van der Waals surface area (Å²) in [6.07, 6.45) is 3.85. The fourth-order valence-electron chi connectivity index (χ4n) is 2.88. The van der Waals surface area contributed by atoms with E-state index in [2.05, 4.69) is 9.88 Å². The van der Waals surface area contributed by atoms with Crippen LogP contribution in [0, 0.1) is 10.1 Å². The van der Waals surface area contributed by atoms with Crippen LogP contribution in [-0.4, -0.2) is 54.5 Å². The van der Waals surface area contributed by atoms with Crippen molar-refractivity contribution in [3.05, 3.63) is 51.4 Å². The van der Waals surface area contributed by atoms with Gasteiger partial charge in [0.25, 0.3) is 5.91 Å². The van der Waals surface area contributed by atoms with Crippen molar-refractivity contribution in [2.75, 3.05) is 38.7 Å². The van der Waals surface area contributed by atoms with Gasteiger partial charge in [0.1, 0.15) is 5.75 Å². The van der Waals surface area contributed by atoms with Gasteiger partial charge in [0.2, 0.25) is 0 Å². The molecule has 0 N–H and O–H groups in total. The third-order valence-electron chi connectivity index (χ3n) is 4.33. The second-order valence-corrected chi connectivity index (χ2v) is 9.08. The Morgan fingerprint density at radius 3 is 2.71 bits per heavy atom. The molecule has 164 valence electrons. The lowest BCUT2D eigenvalue weighted by atomic mass is 10.3. The quantitative estimate of drug-likeness (QED) is 0.248. The van der Waals surface area contributed by atoms with Gasteiger partial charge >= 0.3 is 5.00 Å². The molecular weight excluding hydrogens is 436 g/mol. The highest BCUT2D eigenvalue weighted by atomic mass is 32.1. The number of aromatic nitrogens is 1. The molecule has 0 saturated carbocycles. The van der Waals surface area contributed by atoms with Crippen molar-refractivity contribution in [3.8, 4) is 5.75 Å². The van der Waals surface area contributed by atoms with Crippen LogP contribution in [-0.2, 0) is 4.79 Å². The van der Waals surface area contributed by atoms with Crippen LogP contribution in [0.4, 0.5) is 10.1 Å². The summed E-state index contributed by atoms with van der Waals surface area (Å²) in [6, 6.07) is 8.77. The minimum absolute atomic E-state index is 0.0474. The highest BCUT2D eigenvalue weighted by Gasteiger charge is 2.18. The monoisotopic (exact) mass is 460 g/mol. The molecule has 0 spiro atoms.